The first-order valence-electron chi connectivity index (χ1n) is 20.2. The molecule has 57 heavy (non-hydrogen) atoms. The van der Waals surface area contributed by atoms with E-state index < -0.39 is 12.2 Å². The SMILES string of the molecule is CO[C@H]1[C@H](CO)[C@@H](N(Cc2ccc(CN(C3C=C[C@@H](CO)[C@@H](OC)[C@@H]3OC)[C@H]3C=C[C@@H](OC)[C@@H](CO)[C@@H]3CO)cc2)[C@H]2C=C[C@@H](OC)[C@@H](OC)[C@@H]2OC)C=C[C@H]1C. The molecule has 0 amide bonds. The molecule has 0 aliphatic heterocycles. The molecule has 320 valence electrons. The molecular formula is C44H68N2O11. The molecule has 0 saturated carbocycles. The minimum absolute atomic E-state index is 0.0423. The summed E-state index contributed by atoms with van der Waals surface area (Å²) in [6.07, 6.45) is 14.4. The van der Waals surface area contributed by atoms with E-state index in [2.05, 4.69) is 71.4 Å². The maximum Gasteiger partial charge on any atom is 0.115 e. The predicted octanol–water partition coefficient (Wildman–Crippen LogP) is 2.22. The van der Waals surface area contributed by atoms with Crippen LogP contribution in [0.3, 0.4) is 0 Å². The molecule has 0 spiro atoms. The minimum atomic E-state index is -0.418. The molecule has 16 atom stereocenters. The van der Waals surface area contributed by atoms with Crippen LogP contribution in [0.25, 0.3) is 0 Å². The van der Waals surface area contributed by atoms with Crippen LogP contribution in [0.1, 0.15) is 18.1 Å². The van der Waals surface area contributed by atoms with Crippen LogP contribution in [0.15, 0.2) is 72.9 Å². The lowest BCUT2D eigenvalue weighted by Crippen LogP contribution is -2.60. The van der Waals surface area contributed by atoms with Crippen LogP contribution < -0.4 is 0 Å². The molecule has 1 aromatic carbocycles. The lowest BCUT2D eigenvalue weighted by molar-refractivity contribution is -0.129. The Morgan fingerprint density at radius 2 is 0.860 bits per heavy atom. The summed E-state index contributed by atoms with van der Waals surface area (Å²) in [5.74, 6) is -0.923. The molecule has 5 rings (SSSR count). The molecule has 0 aromatic heterocycles. The topological polar surface area (TPSA) is 152 Å². The quantitative estimate of drug-likeness (QED) is 0.152. The average Bonchev–Trinajstić information content (AvgIpc) is 3.25. The maximum atomic E-state index is 10.8. The Bertz CT molecular complexity index is 1430. The van der Waals surface area contributed by atoms with Gasteiger partial charge in [0.05, 0.1) is 43.6 Å². The van der Waals surface area contributed by atoms with Gasteiger partial charge in [-0.05, 0) is 11.1 Å². The van der Waals surface area contributed by atoms with E-state index in [0.29, 0.717) is 13.1 Å². The van der Waals surface area contributed by atoms with Crippen LogP contribution in [0.4, 0.5) is 0 Å². The second-order valence-electron chi connectivity index (χ2n) is 15.8. The van der Waals surface area contributed by atoms with Gasteiger partial charge in [-0.25, -0.2) is 0 Å². The lowest BCUT2D eigenvalue weighted by Gasteiger charge is -2.49. The van der Waals surface area contributed by atoms with Gasteiger partial charge in [-0.2, -0.15) is 0 Å². The molecule has 0 radical (unpaired) electrons. The van der Waals surface area contributed by atoms with Crippen molar-refractivity contribution in [3.63, 3.8) is 0 Å². The molecule has 4 aliphatic rings. The molecule has 0 fully saturated rings. The zero-order valence-electron chi connectivity index (χ0n) is 34.9. The van der Waals surface area contributed by atoms with Crippen molar-refractivity contribution in [2.24, 2.45) is 29.6 Å². The summed E-state index contributed by atoms with van der Waals surface area (Å²) in [5.41, 5.74) is 2.11. The second-order valence-corrected chi connectivity index (χ2v) is 15.8. The molecule has 1 unspecified atom stereocenters. The fourth-order valence-corrected chi connectivity index (χ4v) is 10.0. The van der Waals surface area contributed by atoms with Crippen molar-refractivity contribution < 1.29 is 53.6 Å². The highest BCUT2D eigenvalue weighted by Gasteiger charge is 2.47. The largest absolute Gasteiger partial charge is 0.396 e. The summed E-state index contributed by atoms with van der Waals surface area (Å²) in [6, 6.07) is 7.61. The number of aliphatic hydroxyl groups excluding tert-OH is 4. The Labute approximate surface area is 339 Å². The number of hydrogen-bond acceptors (Lipinski definition) is 13. The van der Waals surface area contributed by atoms with Crippen molar-refractivity contribution >= 4 is 0 Å². The molecule has 4 aliphatic carbocycles. The van der Waals surface area contributed by atoms with E-state index in [0.717, 1.165) is 11.1 Å². The third-order valence-electron chi connectivity index (χ3n) is 13.1. The van der Waals surface area contributed by atoms with Crippen molar-refractivity contribution in [2.75, 3.05) is 76.2 Å². The monoisotopic (exact) mass is 800 g/mol. The van der Waals surface area contributed by atoms with Gasteiger partial charge in [0.2, 0.25) is 0 Å². The van der Waals surface area contributed by atoms with Gasteiger partial charge in [0, 0.05) is 118 Å². The Balaban J connectivity index is 1.51. The van der Waals surface area contributed by atoms with Gasteiger partial charge in [-0.15, -0.1) is 0 Å². The van der Waals surface area contributed by atoms with E-state index in [9.17, 15) is 20.4 Å². The molecule has 0 bridgehead atoms. The van der Waals surface area contributed by atoms with Crippen molar-refractivity contribution in [1.82, 2.24) is 9.80 Å². The van der Waals surface area contributed by atoms with E-state index >= 15 is 0 Å². The minimum Gasteiger partial charge on any atom is -0.396 e. The number of benzene rings is 1. The van der Waals surface area contributed by atoms with Crippen LogP contribution in [-0.4, -0.2) is 173 Å². The normalized spacial score (nSPS) is 38.1. The Morgan fingerprint density at radius 3 is 1.33 bits per heavy atom. The van der Waals surface area contributed by atoms with Crippen LogP contribution >= 0.6 is 0 Å². The molecular weight excluding hydrogens is 732 g/mol. The van der Waals surface area contributed by atoms with Crippen molar-refractivity contribution in [1.29, 1.82) is 0 Å². The Morgan fingerprint density at radius 1 is 0.421 bits per heavy atom. The fourth-order valence-electron chi connectivity index (χ4n) is 10.0. The van der Waals surface area contributed by atoms with Gasteiger partial charge >= 0.3 is 0 Å². The number of aliphatic hydroxyl groups is 4. The Kier molecular flexibility index (Phi) is 17.5. The molecule has 0 heterocycles. The van der Waals surface area contributed by atoms with E-state index in [1.165, 1.54) is 0 Å². The highest BCUT2D eigenvalue weighted by molar-refractivity contribution is 5.27. The first-order valence-corrected chi connectivity index (χ1v) is 20.2. The van der Waals surface area contributed by atoms with Gasteiger partial charge in [0.25, 0.3) is 0 Å². The first kappa shape index (κ1) is 45.7. The molecule has 1 aromatic rings. The number of hydrogen-bond donors (Lipinski definition) is 4. The van der Waals surface area contributed by atoms with Crippen LogP contribution in [0, 0.1) is 29.6 Å². The summed E-state index contributed by atoms with van der Waals surface area (Å²) in [7, 11) is 11.7. The highest BCUT2D eigenvalue weighted by Crippen LogP contribution is 2.38. The van der Waals surface area contributed by atoms with Crippen molar-refractivity contribution in [3.05, 3.63) is 84.0 Å². The highest BCUT2D eigenvalue weighted by atomic mass is 16.6. The summed E-state index contributed by atoms with van der Waals surface area (Å²) in [4.78, 5) is 4.67. The second kappa shape index (κ2) is 21.8. The summed E-state index contributed by atoms with van der Waals surface area (Å²) in [6.45, 7) is 2.75. The predicted molar refractivity (Wildman–Crippen MR) is 216 cm³/mol. The summed E-state index contributed by atoms with van der Waals surface area (Å²) in [5, 5.41) is 42.3. The summed E-state index contributed by atoms with van der Waals surface area (Å²) >= 11 is 0. The number of nitrogens with zero attached hydrogens (tertiary/aromatic N) is 2. The molecule has 0 saturated heterocycles. The maximum absolute atomic E-state index is 10.8. The summed E-state index contributed by atoms with van der Waals surface area (Å²) < 4.78 is 41.6. The zero-order valence-corrected chi connectivity index (χ0v) is 34.9. The smallest absolute Gasteiger partial charge is 0.115 e. The van der Waals surface area contributed by atoms with Gasteiger partial charge in [0.15, 0.2) is 0 Å². The van der Waals surface area contributed by atoms with E-state index in [1.54, 1.807) is 49.8 Å². The fraction of sp³-hybridized carbons (Fsp3) is 0.682. The van der Waals surface area contributed by atoms with E-state index in [1.807, 2.05) is 18.2 Å². The van der Waals surface area contributed by atoms with Gasteiger partial charge in [0.1, 0.15) is 24.4 Å². The standard InChI is InChI=1S/C44H68N2O11/c1-27-9-15-35(33(26-50)40(27)53-4)46(37-18-20-39(52-3)44(57-8)43(37)56-7)22-29-12-10-28(11-13-29)21-45(34-17-19-38(51-2)32(25-49)31(34)24-48)36-16-14-30(23-47)41(54-5)42(36)55-6/h9-20,27,30-44,47-50H,21-26H2,1-8H3/t27-,30+,31+,32+,33-,34+,35+,36?,37+,38-,39-,40-,41-,42-,43-,44-/m1/s1. The molecule has 13 heteroatoms. The third kappa shape index (κ3) is 9.68. The van der Waals surface area contributed by atoms with Crippen molar-refractivity contribution in [3.8, 4) is 0 Å². The van der Waals surface area contributed by atoms with Crippen molar-refractivity contribution in [2.45, 2.75) is 86.9 Å². The van der Waals surface area contributed by atoms with E-state index in [-0.39, 0.29) is 111 Å². The number of methoxy groups -OCH3 is 7. The lowest BCUT2D eigenvalue weighted by atomic mass is 9.76. The van der Waals surface area contributed by atoms with Gasteiger partial charge in [-0.3, -0.25) is 9.80 Å². The van der Waals surface area contributed by atoms with E-state index in [4.69, 9.17) is 33.2 Å². The first-order chi connectivity index (χ1) is 27.7. The van der Waals surface area contributed by atoms with Crippen LogP contribution in [0.2, 0.25) is 0 Å². The van der Waals surface area contributed by atoms with Gasteiger partial charge < -0.3 is 53.6 Å². The number of rotatable bonds is 19. The van der Waals surface area contributed by atoms with Crippen LogP contribution in [0.5, 0.6) is 0 Å². The van der Waals surface area contributed by atoms with Crippen LogP contribution in [-0.2, 0) is 46.2 Å². The van der Waals surface area contributed by atoms with Gasteiger partial charge in [-0.1, -0.05) is 79.8 Å². The zero-order chi connectivity index (χ0) is 41.2. The Hall–Kier alpha value is -2.34. The number of ether oxygens (including phenoxy) is 7. The molecule has 4 N–H and O–H groups in total. The third-order valence-corrected chi connectivity index (χ3v) is 13.1. The average molecular weight is 801 g/mol. The molecule has 13 nitrogen and oxygen atoms in total.